The van der Waals surface area contributed by atoms with Crippen LogP contribution in [0.25, 0.3) is 0 Å². The van der Waals surface area contributed by atoms with Crippen LogP contribution < -0.4 is 9.80 Å². The van der Waals surface area contributed by atoms with Crippen LogP contribution in [0, 0.1) is 23.7 Å². The van der Waals surface area contributed by atoms with Crippen molar-refractivity contribution in [1.82, 2.24) is 9.80 Å². The van der Waals surface area contributed by atoms with Gasteiger partial charge in [-0.1, -0.05) is 59.7 Å². The van der Waals surface area contributed by atoms with Crippen molar-refractivity contribution in [2.24, 2.45) is 23.7 Å². The maximum Gasteiger partial charge on any atom is 0.138 e. The number of fused-ring (bicyclic) bond motifs is 14. The highest BCUT2D eigenvalue weighted by molar-refractivity contribution is 5.73. The Labute approximate surface area is 255 Å². The van der Waals surface area contributed by atoms with Gasteiger partial charge in [-0.3, -0.25) is 9.80 Å². The second kappa shape index (κ2) is 7.43. The smallest absolute Gasteiger partial charge is 0.138 e. The molecule has 12 rings (SSSR count). The number of benzene rings is 2. The minimum absolute atomic E-state index is 0.147. The van der Waals surface area contributed by atoms with Gasteiger partial charge in [-0.15, -0.1) is 0 Å². The van der Waals surface area contributed by atoms with E-state index in [0.717, 1.165) is 13.1 Å². The molecule has 5 nitrogen and oxygen atoms in total. The average Bonchev–Trinajstić information content (AvgIpc) is 3.80. The molecule has 12 atom stereocenters. The van der Waals surface area contributed by atoms with Crippen molar-refractivity contribution in [2.75, 3.05) is 36.0 Å². The van der Waals surface area contributed by atoms with E-state index in [4.69, 9.17) is 4.74 Å². The van der Waals surface area contributed by atoms with E-state index in [2.05, 4.69) is 94.1 Å². The summed E-state index contributed by atoms with van der Waals surface area (Å²) in [5.41, 5.74) is 10.2. The zero-order chi connectivity index (χ0) is 28.0. The number of para-hydroxylation sites is 2. The van der Waals surface area contributed by atoms with Gasteiger partial charge in [0.05, 0.1) is 12.1 Å². The zero-order valence-corrected chi connectivity index (χ0v) is 25.4. The zero-order valence-electron chi connectivity index (χ0n) is 25.4. The molecule has 8 fully saturated rings. The molecular formula is C38H42N4O. The van der Waals surface area contributed by atoms with Crippen LogP contribution in [-0.4, -0.2) is 72.6 Å². The highest BCUT2D eigenvalue weighted by atomic mass is 16.5. The Kier molecular flexibility index (Phi) is 4.10. The lowest BCUT2D eigenvalue weighted by Crippen LogP contribution is -2.81. The molecule has 2 aromatic carbocycles. The summed E-state index contributed by atoms with van der Waals surface area (Å²) < 4.78 is 7.78. The van der Waals surface area contributed by atoms with Crippen molar-refractivity contribution in [1.29, 1.82) is 0 Å². The van der Waals surface area contributed by atoms with E-state index in [9.17, 15) is 0 Å². The van der Waals surface area contributed by atoms with E-state index in [1.54, 1.807) is 22.3 Å². The Balaban J connectivity index is 1.16. The van der Waals surface area contributed by atoms with Gasteiger partial charge >= 0.3 is 0 Å². The number of allylic oxidation sites excluding steroid dienone is 2. The van der Waals surface area contributed by atoms with Crippen LogP contribution in [0.2, 0.25) is 0 Å². The highest BCUT2D eigenvalue weighted by Gasteiger charge is 2.78. The molecule has 8 heterocycles. The number of nitrogens with zero attached hydrogens (tertiary/aromatic N) is 4. The SMILES string of the molecule is CC=C1CN2CC[C@]34c5ccccc5N5[C@H]3[C@H]([C@@H]1C[C@H]24)[C@@H]1O[C@H]5[C@H]2[C@@H]3N1c1ccccc1[C@@]31CCN3C/C(=C/C)[C@@H]2C[C@H]31. The van der Waals surface area contributed by atoms with Crippen molar-refractivity contribution in [3.05, 3.63) is 83.0 Å². The van der Waals surface area contributed by atoms with Crippen LogP contribution in [0.1, 0.15) is 50.7 Å². The van der Waals surface area contributed by atoms with Crippen molar-refractivity contribution >= 4 is 11.4 Å². The van der Waals surface area contributed by atoms with Gasteiger partial charge in [0, 0.05) is 59.2 Å². The minimum Gasteiger partial charge on any atom is -0.341 e. The van der Waals surface area contributed by atoms with Crippen molar-refractivity contribution < 1.29 is 4.74 Å². The predicted octanol–water partition coefficient (Wildman–Crippen LogP) is 5.28. The molecule has 5 heteroatoms. The van der Waals surface area contributed by atoms with Crippen LogP contribution in [0.15, 0.2) is 71.8 Å². The molecule has 0 amide bonds. The first-order valence-corrected chi connectivity index (χ1v) is 17.4. The third kappa shape index (κ3) is 2.28. The van der Waals surface area contributed by atoms with E-state index in [0.29, 0.717) is 47.8 Å². The van der Waals surface area contributed by atoms with Crippen LogP contribution >= 0.6 is 0 Å². The number of piperidine rings is 2. The second-order valence-electron chi connectivity index (χ2n) is 15.8. The summed E-state index contributed by atoms with van der Waals surface area (Å²) in [6, 6.07) is 21.7. The monoisotopic (exact) mass is 570 g/mol. The molecule has 8 aliphatic heterocycles. The molecule has 0 unspecified atom stereocenters. The first-order chi connectivity index (χ1) is 21.2. The van der Waals surface area contributed by atoms with E-state index < -0.39 is 0 Å². The van der Waals surface area contributed by atoms with E-state index in [1.165, 1.54) is 50.1 Å². The Morgan fingerprint density at radius 3 is 1.60 bits per heavy atom. The number of hydrogen-bond donors (Lipinski definition) is 0. The summed E-state index contributed by atoms with van der Waals surface area (Å²) in [5.74, 6) is 2.16. The third-order valence-corrected chi connectivity index (χ3v) is 15.3. The first kappa shape index (κ1) is 23.7. The van der Waals surface area contributed by atoms with Crippen molar-refractivity contribution in [2.45, 2.75) is 87.0 Å². The predicted molar refractivity (Wildman–Crippen MR) is 168 cm³/mol. The van der Waals surface area contributed by atoms with Gasteiger partial charge in [-0.25, -0.2) is 0 Å². The quantitative estimate of drug-likeness (QED) is 0.401. The second-order valence-corrected chi connectivity index (χ2v) is 15.8. The fourth-order valence-electron chi connectivity index (χ4n) is 14.2. The molecule has 2 aliphatic carbocycles. The third-order valence-electron chi connectivity index (χ3n) is 15.3. The maximum absolute atomic E-state index is 7.78. The Morgan fingerprint density at radius 2 is 1.14 bits per heavy atom. The van der Waals surface area contributed by atoms with Crippen LogP contribution in [-0.2, 0) is 15.6 Å². The summed E-state index contributed by atoms with van der Waals surface area (Å²) >= 11 is 0. The number of hydrogen-bond acceptors (Lipinski definition) is 5. The molecule has 2 aromatic rings. The van der Waals surface area contributed by atoms with Crippen LogP contribution in [0.4, 0.5) is 11.4 Å². The van der Waals surface area contributed by atoms with Gasteiger partial charge in [0.1, 0.15) is 12.5 Å². The van der Waals surface area contributed by atoms with E-state index in [1.807, 2.05) is 0 Å². The fraction of sp³-hybridized carbons (Fsp3) is 0.579. The molecule has 220 valence electrons. The number of anilines is 2. The summed E-state index contributed by atoms with van der Waals surface area (Å²) in [4.78, 5) is 11.7. The number of ether oxygens (including phenoxy) is 1. The van der Waals surface area contributed by atoms with Gasteiger partial charge in [-0.05, 0) is 87.7 Å². The first-order valence-electron chi connectivity index (χ1n) is 17.4. The lowest BCUT2D eigenvalue weighted by atomic mass is 9.51. The molecule has 10 aliphatic rings. The summed E-state index contributed by atoms with van der Waals surface area (Å²) in [7, 11) is 0. The lowest BCUT2D eigenvalue weighted by molar-refractivity contribution is -0.198. The van der Waals surface area contributed by atoms with E-state index in [-0.39, 0.29) is 23.3 Å². The summed E-state index contributed by atoms with van der Waals surface area (Å²) in [6.07, 6.45) is 10.5. The molecule has 6 saturated heterocycles. The Morgan fingerprint density at radius 1 is 0.674 bits per heavy atom. The standard InChI is InChI=1S/C38H42N4O/c1-3-21-19-39-15-13-37-25-9-5-7-11-27(25)41-33(37)31(23(21)17-29(37)39)35-42-28-12-8-6-10-26(28)38-14-16-40-20-22(4-2)24(18-30(38)40)32(34(38)42)36(41)43-35/h3-12,23-24,29-36H,13-20H2,1-2H3/b21-3-,22-4?/t23-,24+,29-,30-,31+,32-,33-,34-,35-,36-,37+,38+/m0/s1. The Hall–Kier alpha value is -2.60. The van der Waals surface area contributed by atoms with Crippen molar-refractivity contribution in [3.63, 3.8) is 0 Å². The van der Waals surface area contributed by atoms with Crippen molar-refractivity contribution in [3.8, 4) is 0 Å². The van der Waals surface area contributed by atoms with Crippen LogP contribution in [0.5, 0.6) is 0 Å². The molecule has 0 aromatic heterocycles. The maximum atomic E-state index is 7.78. The number of rotatable bonds is 0. The van der Waals surface area contributed by atoms with Gasteiger partial charge in [0.25, 0.3) is 0 Å². The largest absolute Gasteiger partial charge is 0.341 e. The highest BCUT2D eigenvalue weighted by Crippen LogP contribution is 2.72. The molecule has 0 N–H and O–H groups in total. The van der Waals surface area contributed by atoms with Gasteiger partial charge in [0.2, 0.25) is 0 Å². The van der Waals surface area contributed by atoms with Crippen LogP contribution in [0.3, 0.4) is 0 Å². The fourth-order valence-corrected chi connectivity index (χ4v) is 14.2. The minimum atomic E-state index is 0.147. The molecule has 43 heavy (non-hydrogen) atoms. The van der Waals surface area contributed by atoms with E-state index >= 15 is 0 Å². The molecule has 2 spiro atoms. The molecule has 6 bridgehead atoms. The topological polar surface area (TPSA) is 22.2 Å². The molecule has 2 saturated carbocycles. The van der Waals surface area contributed by atoms with Gasteiger partial charge in [-0.2, -0.15) is 0 Å². The summed E-state index contributed by atoms with van der Waals surface area (Å²) in [6.45, 7) is 9.41. The van der Waals surface area contributed by atoms with Gasteiger partial charge in [0.15, 0.2) is 0 Å². The Bertz CT molecular complexity index is 1560. The molecule has 0 radical (unpaired) electrons. The summed E-state index contributed by atoms with van der Waals surface area (Å²) in [5, 5.41) is 0. The molecular weight excluding hydrogens is 528 g/mol. The average molecular weight is 571 g/mol. The van der Waals surface area contributed by atoms with Gasteiger partial charge < -0.3 is 14.5 Å². The lowest BCUT2D eigenvalue weighted by Gasteiger charge is -2.69. The normalized spacial score (nSPS) is 50.7.